The second kappa shape index (κ2) is 7.70. The Morgan fingerprint density at radius 2 is 1.78 bits per heavy atom. The van der Waals surface area contributed by atoms with Crippen LogP contribution in [-0.2, 0) is 9.59 Å². The summed E-state index contributed by atoms with van der Waals surface area (Å²) in [4.78, 5) is 22.0. The van der Waals surface area contributed by atoms with E-state index in [4.69, 9.17) is 9.90 Å². The molecule has 1 fully saturated rings. The first kappa shape index (κ1) is 16.4. The maximum atomic E-state index is 11.2. The van der Waals surface area contributed by atoms with Crippen LogP contribution in [0.2, 0.25) is 0 Å². The van der Waals surface area contributed by atoms with Gasteiger partial charge in [-0.05, 0) is 0 Å². The minimum atomic E-state index is -5.08. The zero-order chi connectivity index (χ0) is 14.2. The van der Waals surface area contributed by atoms with Gasteiger partial charge in [-0.25, -0.2) is 4.79 Å². The van der Waals surface area contributed by atoms with Crippen molar-refractivity contribution in [1.82, 2.24) is 10.2 Å². The summed E-state index contributed by atoms with van der Waals surface area (Å²) in [5.41, 5.74) is 0. The Morgan fingerprint density at radius 1 is 1.33 bits per heavy atom. The number of nitrogens with one attached hydrogen (secondary N) is 1. The van der Waals surface area contributed by atoms with Crippen LogP contribution in [0.1, 0.15) is 6.42 Å². The van der Waals surface area contributed by atoms with Crippen LogP contribution in [0.5, 0.6) is 0 Å². The van der Waals surface area contributed by atoms with Crippen molar-refractivity contribution in [2.75, 3.05) is 26.2 Å². The maximum absolute atomic E-state index is 11.2. The van der Waals surface area contributed by atoms with E-state index >= 15 is 0 Å². The zero-order valence-electron chi connectivity index (χ0n) is 9.66. The van der Waals surface area contributed by atoms with Gasteiger partial charge in [-0.3, -0.25) is 4.79 Å². The number of carboxylic acid groups (broad SMARTS) is 1. The Balaban J connectivity index is 0.000000360. The van der Waals surface area contributed by atoms with Gasteiger partial charge >= 0.3 is 12.1 Å². The van der Waals surface area contributed by atoms with E-state index in [0.29, 0.717) is 6.42 Å². The molecule has 0 aromatic heterocycles. The summed E-state index contributed by atoms with van der Waals surface area (Å²) in [6.07, 6.45) is -2.95. The third-order valence-corrected chi connectivity index (χ3v) is 2.03. The average molecular weight is 268 g/mol. The van der Waals surface area contributed by atoms with Crippen LogP contribution in [0.15, 0.2) is 12.7 Å². The number of halogens is 3. The predicted molar refractivity (Wildman–Crippen MR) is 58.0 cm³/mol. The Labute approximate surface area is 102 Å². The molecule has 1 amide bonds. The standard InChI is InChI=1S/C8H14N2O.C2HF3O2/c1-2-3-8(11)10-6-4-9-5-7-10;3-2(4,5)1(6)7/h2,9H,1,3-7H2;(H,6,7). The normalized spacial score (nSPS) is 15.4. The molecule has 8 heteroatoms. The minimum Gasteiger partial charge on any atom is -0.475 e. The Hall–Kier alpha value is -1.57. The molecule has 0 radical (unpaired) electrons. The highest BCUT2D eigenvalue weighted by Gasteiger charge is 2.38. The van der Waals surface area contributed by atoms with Crippen LogP contribution in [-0.4, -0.2) is 54.2 Å². The molecular weight excluding hydrogens is 253 g/mol. The van der Waals surface area contributed by atoms with Crippen LogP contribution in [0, 0.1) is 0 Å². The average Bonchev–Trinajstić information content (AvgIpc) is 2.30. The maximum Gasteiger partial charge on any atom is 0.490 e. The number of nitrogens with zero attached hydrogens (tertiary/aromatic N) is 1. The van der Waals surface area contributed by atoms with Crippen LogP contribution >= 0.6 is 0 Å². The number of amides is 1. The van der Waals surface area contributed by atoms with E-state index < -0.39 is 12.1 Å². The highest BCUT2D eigenvalue weighted by Crippen LogP contribution is 2.13. The number of carboxylic acids is 1. The van der Waals surface area contributed by atoms with Gasteiger partial charge < -0.3 is 15.3 Å². The van der Waals surface area contributed by atoms with E-state index in [-0.39, 0.29) is 5.91 Å². The van der Waals surface area contributed by atoms with Gasteiger partial charge in [-0.1, -0.05) is 6.08 Å². The van der Waals surface area contributed by atoms with Gasteiger partial charge in [0, 0.05) is 32.6 Å². The van der Waals surface area contributed by atoms with E-state index in [2.05, 4.69) is 11.9 Å². The Kier molecular flexibility index (Phi) is 7.03. The number of piperazine rings is 1. The molecule has 0 aliphatic carbocycles. The van der Waals surface area contributed by atoms with E-state index in [9.17, 15) is 18.0 Å². The van der Waals surface area contributed by atoms with Crippen molar-refractivity contribution in [3.63, 3.8) is 0 Å². The number of carbonyl (C=O) groups is 2. The van der Waals surface area contributed by atoms with Crippen LogP contribution in [0.25, 0.3) is 0 Å². The molecule has 1 rings (SSSR count). The fourth-order valence-corrected chi connectivity index (χ4v) is 1.17. The molecular formula is C10H15F3N2O3. The third-order valence-electron chi connectivity index (χ3n) is 2.03. The molecule has 1 aliphatic rings. The second-order valence-electron chi connectivity index (χ2n) is 3.43. The van der Waals surface area contributed by atoms with E-state index in [1.54, 1.807) is 6.08 Å². The fourth-order valence-electron chi connectivity index (χ4n) is 1.17. The predicted octanol–water partition coefficient (Wildman–Crippen LogP) is 0.628. The number of aliphatic carboxylic acids is 1. The molecule has 0 saturated carbocycles. The summed E-state index contributed by atoms with van der Waals surface area (Å²) >= 11 is 0. The number of hydrogen-bond donors (Lipinski definition) is 2. The highest BCUT2D eigenvalue weighted by molar-refractivity contribution is 5.77. The van der Waals surface area contributed by atoms with Crippen LogP contribution < -0.4 is 5.32 Å². The molecule has 5 nitrogen and oxygen atoms in total. The highest BCUT2D eigenvalue weighted by atomic mass is 19.4. The summed E-state index contributed by atoms with van der Waals surface area (Å²) in [6, 6.07) is 0. The largest absolute Gasteiger partial charge is 0.490 e. The van der Waals surface area contributed by atoms with Gasteiger partial charge in [0.1, 0.15) is 0 Å². The molecule has 1 aliphatic heterocycles. The first-order valence-electron chi connectivity index (χ1n) is 5.18. The zero-order valence-corrected chi connectivity index (χ0v) is 9.66. The van der Waals surface area contributed by atoms with Gasteiger partial charge in [-0.2, -0.15) is 13.2 Å². The molecule has 0 bridgehead atoms. The molecule has 104 valence electrons. The molecule has 18 heavy (non-hydrogen) atoms. The van der Waals surface area contributed by atoms with E-state index in [0.717, 1.165) is 26.2 Å². The summed E-state index contributed by atoms with van der Waals surface area (Å²) < 4.78 is 31.7. The summed E-state index contributed by atoms with van der Waals surface area (Å²) in [6.45, 7) is 7.05. The molecule has 1 saturated heterocycles. The first-order valence-corrected chi connectivity index (χ1v) is 5.18. The summed E-state index contributed by atoms with van der Waals surface area (Å²) in [5, 5.41) is 10.3. The van der Waals surface area contributed by atoms with Gasteiger partial charge in [0.15, 0.2) is 0 Å². The Morgan fingerprint density at radius 3 is 2.11 bits per heavy atom. The quantitative estimate of drug-likeness (QED) is 0.721. The summed E-state index contributed by atoms with van der Waals surface area (Å²) in [7, 11) is 0. The van der Waals surface area contributed by atoms with Gasteiger partial charge in [0.25, 0.3) is 0 Å². The number of hydrogen-bond acceptors (Lipinski definition) is 3. The van der Waals surface area contributed by atoms with Crippen molar-refractivity contribution in [3.8, 4) is 0 Å². The molecule has 2 N–H and O–H groups in total. The number of carbonyl (C=O) groups excluding carboxylic acids is 1. The van der Waals surface area contributed by atoms with Crippen molar-refractivity contribution >= 4 is 11.9 Å². The minimum absolute atomic E-state index is 0.196. The lowest BCUT2D eigenvalue weighted by atomic mass is 10.3. The van der Waals surface area contributed by atoms with Crippen LogP contribution in [0.3, 0.4) is 0 Å². The van der Waals surface area contributed by atoms with Crippen LogP contribution in [0.4, 0.5) is 13.2 Å². The third kappa shape index (κ3) is 6.89. The molecule has 0 unspecified atom stereocenters. The smallest absolute Gasteiger partial charge is 0.475 e. The molecule has 0 aromatic carbocycles. The van der Waals surface area contributed by atoms with E-state index in [1.807, 2.05) is 4.90 Å². The van der Waals surface area contributed by atoms with Crippen molar-refractivity contribution in [2.24, 2.45) is 0 Å². The lowest BCUT2D eigenvalue weighted by molar-refractivity contribution is -0.192. The molecule has 0 spiro atoms. The second-order valence-corrected chi connectivity index (χ2v) is 3.43. The summed E-state index contributed by atoms with van der Waals surface area (Å²) in [5.74, 6) is -2.56. The monoisotopic (exact) mass is 268 g/mol. The van der Waals surface area contributed by atoms with Crippen molar-refractivity contribution in [2.45, 2.75) is 12.6 Å². The number of alkyl halides is 3. The van der Waals surface area contributed by atoms with E-state index in [1.165, 1.54) is 0 Å². The van der Waals surface area contributed by atoms with Gasteiger partial charge in [0.2, 0.25) is 5.91 Å². The first-order chi connectivity index (χ1) is 8.29. The number of rotatable bonds is 2. The van der Waals surface area contributed by atoms with Crippen molar-refractivity contribution in [1.29, 1.82) is 0 Å². The van der Waals surface area contributed by atoms with Gasteiger partial charge in [0.05, 0.1) is 0 Å². The molecule has 0 atom stereocenters. The lowest BCUT2D eigenvalue weighted by Gasteiger charge is -2.26. The topological polar surface area (TPSA) is 69.6 Å². The molecule has 0 aromatic rings. The molecule has 1 heterocycles. The lowest BCUT2D eigenvalue weighted by Crippen LogP contribution is -2.46. The SMILES string of the molecule is C=CCC(=O)N1CCNCC1.O=C(O)C(F)(F)F. The van der Waals surface area contributed by atoms with Gasteiger partial charge in [-0.15, -0.1) is 6.58 Å². The Bertz CT molecular complexity index is 299. The fraction of sp³-hybridized carbons (Fsp3) is 0.600. The van der Waals surface area contributed by atoms with Crippen molar-refractivity contribution < 1.29 is 27.9 Å². The van der Waals surface area contributed by atoms with Crippen molar-refractivity contribution in [3.05, 3.63) is 12.7 Å².